The van der Waals surface area contributed by atoms with Gasteiger partial charge in [-0.05, 0) is 12.5 Å². The molecule has 0 unspecified atom stereocenters. The van der Waals surface area contributed by atoms with Crippen LogP contribution in [0.3, 0.4) is 0 Å². The molecule has 0 aromatic carbocycles. The molecule has 2 N–H and O–H groups in total. The molecule has 2 heterocycles. The third kappa shape index (κ3) is 3.21. The summed E-state index contributed by atoms with van der Waals surface area (Å²) in [6.07, 6.45) is 3.38. The zero-order valence-corrected chi connectivity index (χ0v) is 12.5. The van der Waals surface area contributed by atoms with Gasteiger partial charge >= 0.3 is 12.2 Å². The molecule has 0 saturated carbocycles. The number of nitrogens with zero attached hydrogens (tertiary/aromatic N) is 1. The largest absolute Gasteiger partial charge is 0.452 e. The summed E-state index contributed by atoms with van der Waals surface area (Å²) in [6.45, 7) is 5.41. The number of pyridine rings is 1. The van der Waals surface area contributed by atoms with E-state index in [4.69, 9.17) is 15.2 Å². The Morgan fingerprint density at radius 2 is 2.19 bits per heavy atom. The molecule has 1 aromatic rings. The summed E-state index contributed by atoms with van der Waals surface area (Å²) in [7, 11) is 0. The van der Waals surface area contributed by atoms with Gasteiger partial charge in [-0.3, -0.25) is 9.59 Å². The molecular weight excluding hydrogens is 272 g/mol. The molecule has 1 saturated heterocycles. The Labute approximate surface area is 123 Å². The Bertz CT molecular complexity index is 546. The van der Waals surface area contributed by atoms with Crippen LogP contribution in [-0.4, -0.2) is 24.1 Å². The number of hydrogen-bond donors (Lipinski definition) is 1. The van der Waals surface area contributed by atoms with Crippen LogP contribution in [0.2, 0.25) is 0 Å². The maximum atomic E-state index is 11.3. The van der Waals surface area contributed by atoms with Crippen LogP contribution in [0.1, 0.15) is 43.8 Å². The number of primary amides is 1. The van der Waals surface area contributed by atoms with E-state index < -0.39 is 12.1 Å². The minimum atomic E-state index is -0.508. The van der Waals surface area contributed by atoms with Gasteiger partial charge in [-0.15, -0.1) is 0 Å². The molecule has 6 nitrogen and oxygen atoms in total. The van der Waals surface area contributed by atoms with Crippen molar-refractivity contribution in [2.24, 2.45) is 11.7 Å². The molecule has 1 amide bonds. The number of rotatable bonds is 4. The quantitative estimate of drug-likeness (QED) is 0.662. The first-order valence-electron chi connectivity index (χ1n) is 7.07. The fraction of sp³-hybridized carbons (Fsp3) is 0.533. The number of carbonyl (C=O) groups excluding carboxylic acids is 2. The zero-order valence-electron chi connectivity index (χ0n) is 12.5. The molecule has 1 aliphatic heterocycles. The van der Waals surface area contributed by atoms with E-state index in [1.54, 1.807) is 29.1 Å². The second-order valence-corrected chi connectivity index (χ2v) is 5.31. The molecule has 0 spiro atoms. The summed E-state index contributed by atoms with van der Waals surface area (Å²) in [5.74, 6) is -0.774. The predicted octanol–water partition coefficient (Wildman–Crippen LogP) is 0.948. The van der Waals surface area contributed by atoms with Crippen molar-refractivity contribution >= 4 is 11.9 Å². The minimum absolute atomic E-state index is 0.00378. The molecule has 1 fully saturated rings. The van der Waals surface area contributed by atoms with Crippen LogP contribution < -0.4 is 10.3 Å². The molecule has 0 aliphatic carbocycles. The van der Waals surface area contributed by atoms with Crippen molar-refractivity contribution < 1.29 is 23.6 Å². The summed E-state index contributed by atoms with van der Waals surface area (Å²) in [5.41, 5.74) is 5.68. The van der Waals surface area contributed by atoms with Gasteiger partial charge < -0.3 is 15.2 Å². The first kappa shape index (κ1) is 15.4. The molecule has 2 rings (SSSR count). The van der Waals surface area contributed by atoms with Crippen molar-refractivity contribution in [3.8, 4) is 0 Å². The van der Waals surface area contributed by atoms with Crippen LogP contribution >= 0.6 is 0 Å². The Morgan fingerprint density at radius 3 is 2.76 bits per heavy atom. The lowest BCUT2D eigenvalue weighted by atomic mass is 9.98. The normalized spacial score (nSPS) is 28.3. The number of nitrogens with two attached hydrogens (primary N) is 1. The van der Waals surface area contributed by atoms with Gasteiger partial charge in [0.05, 0.1) is 6.10 Å². The lowest BCUT2D eigenvalue weighted by Crippen LogP contribution is -2.46. The van der Waals surface area contributed by atoms with Crippen molar-refractivity contribution in [3.05, 3.63) is 30.1 Å². The van der Waals surface area contributed by atoms with E-state index >= 15 is 0 Å². The molecule has 1 aliphatic rings. The number of amides is 1. The maximum Gasteiger partial charge on any atom is 0.303 e. The number of ether oxygens (including phenoxy) is 2. The van der Waals surface area contributed by atoms with Crippen molar-refractivity contribution in [2.45, 2.75) is 45.6 Å². The second kappa shape index (κ2) is 6.22. The van der Waals surface area contributed by atoms with E-state index in [0.717, 1.165) is 6.42 Å². The monoisotopic (exact) mass is 293 g/mol. The van der Waals surface area contributed by atoms with Crippen LogP contribution in [0, 0.1) is 5.92 Å². The molecular formula is C15H21N2O4+. The van der Waals surface area contributed by atoms with Gasteiger partial charge in [0.1, 0.15) is 5.56 Å². The molecule has 0 bridgehead atoms. The number of hydrogen-bond acceptors (Lipinski definition) is 4. The van der Waals surface area contributed by atoms with E-state index in [0.29, 0.717) is 5.56 Å². The summed E-state index contributed by atoms with van der Waals surface area (Å²) in [4.78, 5) is 22.6. The van der Waals surface area contributed by atoms with Crippen LogP contribution in [0.4, 0.5) is 0 Å². The molecule has 21 heavy (non-hydrogen) atoms. The highest BCUT2D eigenvalue weighted by Gasteiger charge is 2.48. The van der Waals surface area contributed by atoms with Gasteiger partial charge in [0, 0.05) is 18.9 Å². The highest BCUT2D eigenvalue weighted by molar-refractivity contribution is 5.92. The number of aromatic nitrogens is 1. The topological polar surface area (TPSA) is 82.5 Å². The maximum absolute atomic E-state index is 11.3. The first-order valence-corrected chi connectivity index (χ1v) is 7.07. The van der Waals surface area contributed by atoms with Gasteiger partial charge in [0.25, 0.3) is 5.91 Å². The minimum Gasteiger partial charge on any atom is -0.452 e. The average molecular weight is 293 g/mol. The summed E-state index contributed by atoms with van der Waals surface area (Å²) in [5, 5.41) is 0. The molecule has 114 valence electrons. The van der Waals surface area contributed by atoms with Crippen LogP contribution in [0.15, 0.2) is 24.5 Å². The summed E-state index contributed by atoms with van der Waals surface area (Å²) >= 11 is 0. The fourth-order valence-electron chi connectivity index (χ4n) is 2.71. The first-order chi connectivity index (χ1) is 9.93. The predicted molar refractivity (Wildman–Crippen MR) is 74.1 cm³/mol. The highest BCUT2D eigenvalue weighted by atomic mass is 16.6. The van der Waals surface area contributed by atoms with Gasteiger partial charge in [0.15, 0.2) is 18.5 Å². The van der Waals surface area contributed by atoms with Crippen molar-refractivity contribution in [1.29, 1.82) is 0 Å². The van der Waals surface area contributed by atoms with Gasteiger partial charge in [0.2, 0.25) is 0 Å². The van der Waals surface area contributed by atoms with Crippen molar-refractivity contribution in [1.82, 2.24) is 0 Å². The van der Waals surface area contributed by atoms with Crippen LogP contribution in [0.25, 0.3) is 0 Å². The number of carbonyl (C=O) groups is 2. The fourth-order valence-corrected chi connectivity index (χ4v) is 2.71. The molecule has 1 aromatic heterocycles. The van der Waals surface area contributed by atoms with E-state index in [1.165, 1.54) is 6.92 Å². The Balaban J connectivity index is 2.33. The Hall–Kier alpha value is -1.95. The lowest BCUT2D eigenvalue weighted by molar-refractivity contribution is -0.765. The Kier molecular flexibility index (Phi) is 4.57. The van der Waals surface area contributed by atoms with Crippen molar-refractivity contribution in [2.75, 3.05) is 0 Å². The second-order valence-electron chi connectivity index (χ2n) is 5.31. The third-order valence-corrected chi connectivity index (χ3v) is 3.80. The molecule has 0 radical (unpaired) electrons. The average Bonchev–Trinajstić information content (AvgIpc) is 2.75. The summed E-state index contributed by atoms with van der Waals surface area (Å²) in [6, 6.07) is 3.35. The standard InChI is InChI=1S/C15H20N2O4/c1-4-12-9(2)13(20-10(3)18)15(21-12)17-7-5-6-11(8-17)14(16)19/h5-9,12-13,15H,4H2,1-3H3,(H-,16,19)/p+1/t9-,12-,13-,15-/m1/s1. The summed E-state index contributed by atoms with van der Waals surface area (Å²) < 4.78 is 13.1. The van der Waals surface area contributed by atoms with E-state index in [2.05, 4.69) is 0 Å². The lowest BCUT2D eigenvalue weighted by Gasteiger charge is -2.17. The SMILES string of the molecule is CC[C@H]1O[C@@H]([n+]2cccc(C(N)=O)c2)[C@H](OC(C)=O)[C@@H]1C. The molecule has 6 heteroatoms. The zero-order chi connectivity index (χ0) is 15.6. The van der Waals surface area contributed by atoms with E-state index in [-0.39, 0.29) is 24.1 Å². The van der Waals surface area contributed by atoms with Gasteiger partial charge in [-0.2, -0.15) is 4.57 Å². The molecule has 4 atom stereocenters. The smallest absolute Gasteiger partial charge is 0.303 e. The van der Waals surface area contributed by atoms with E-state index in [9.17, 15) is 9.59 Å². The van der Waals surface area contributed by atoms with Crippen molar-refractivity contribution in [3.63, 3.8) is 0 Å². The Morgan fingerprint density at radius 1 is 1.48 bits per heavy atom. The van der Waals surface area contributed by atoms with Gasteiger partial charge in [-0.1, -0.05) is 13.8 Å². The van der Waals surface area contributed by atoms with Gasteiger partial charge in [-0.25, -0.2) is 0 Å². The van der Waals surface area contributed by atoms with Crippen LogP contribution in [0.5, 0.6) is 0 Å². The number of esters is 1. The van der Waals surface area contributed by atoms with E-state index in [1.807, 2.05) is 13.8 Å². The highest BCUT2D eigenvalue weighted by Crippen LogP contribution is 2.34. The van der Waals surface area contributed by atoms with Crippen LogP contribution in [-0.2, 0) is 14.3 Å². The third-order valence-electron chi connectivity index (χ3n) is 3.80.